The number of nitrogens with zero attached hydrogens (tertiary/aromatic N) is 2. The van der Waals surface area contributed by atoms with Gasteiger partial charge >= 0.3 is 0 Å². The molecular weight excluding hydrogens is 699 g/mol. The molecule has 294 valence electrons. The van der Waals surface area contributed by atoms with Gasteiger partial charge in [-0.25, -0.2) is 0 Å². The van der Waals surface area contributed by atoms with Crippen LogP contribution in [0.25, 0.3) is 21.9 Å². The Morgan fingerprint density at radius 2 is 1.21 bits per heavy atom. The molecule has 6 aromatic rings. The Balaban J connectivity index is 1.33. The van der Waals surface area contributed by atoms with Gasteiger partial charge in [0.15, 0.2) is 0 Å². The zero-order valence-corrected chi connectivity index (χ0v) is 37.1. The summed E-state index contributed by atoms with van der Waals surface area (Å²) in [5.41, 5.74) is 20.8. The van der Waals surface area contributed by atoms with E-state index in [-0.39, 0.29) is 33.9 Å². The van der Waals surface area contributed by atoms with E-state index in [1.807, 2.05) is 0 Å². The van der Waals surface area contributed by atoms with E-state index in [4.69, 9.17) is 0 Å². The Bertz CT molecular complexity index is 2700. The number of benzene rings is 6. The first-order chi connectivity index (χ1) is 27.3. The van der Waals surface area contributed by atoms with Gasteiger partial charge < -0.3 is 9.80 Å². The fraction of sp³-hybridized carbons (Fsp3) is 0.382. The van der Waals surface area contributed by atoms with Gasteiger partial charge in [-0.05, 0) is 140 Å². The molecule has 0 radical (unpaired) electrons. The van der Waals surface area contributed by atoms with E-state index in [1.165, 1.54) is 115 Å². The lowest BCUT2D eigenvalue weighted by Crippen LogP contribution is -2.64. The molecule has 10 rings (SSSR count). The molecule has 3 aliphatic heterocycles. The largest absolute Gasteiger partial charge is 0.335 e. The van der Waals surface area contributed by atoms with Crippen LogP contribution in [0, 0.1) is 6.92 Å². The normalized spacial score (nSPS) is 20.9. The molecule has 1 aliphatic carbocycles. The third-order valence-electron chi connectivity index (χ3n) is 15.1. The zero-order chi connectivity index (χ0) is 40.9. The maximum Gasteiger partial charge on any atom is 0.252 e. The average Bonchev–Trinajstić information content (AvgIpc) is 3.38. The van der Waals surface area contributed by atoms with E-state index >= 15 is 0 Å². The van der Waals surface area contributed by atoms with Crippen molar-refractivity contribution in [2.24, 2.45) is 0 Å². The summed E-state index contributed by atoms with van der Waals surface area (Å²) in [6.07, 6.45) is 4.99. The third-order valence-corrected chi connectivity index (χ3v) is 15.1. The first-order valence-corrected chi connectivity index (χ1v) is 22.0. The molecule has 0 bridgehead atoms. The van der Waals surface area contributed by atoms with Crippen molar-refractivity contribution in [3.63, 3.8) is 0 Å². The number of hydrogen-bond donors (Lipinski definition) is 0. The quantitative estimate of drug-likeness (QED) is 0.162. The van der Waals surface area contributed by atoms with Gasteiger partial charge in [0, 0.05) is 33.7 Å². The second-order valence-electron chi connectivity index (χ2n) is 21.9. The molecule has 0 saturated heterocycles. The summed E-state index contributed by atoms with van der Waals surface area (Å²) >= 11 is 0. The topological polar surface area (TPSA) is 6.48 Å². The van der Waals surface area contributed by atoms with E-state index in [0.29, 0.717) is 0 Å². The first-order valence-electron chi connectivity index (χ1n) is 22.0. The SMILES string of the molecule is Cc1cc2c3c(c1)N1c4c(cc(C(C)(C)C)cc4C4(C)CCCCC14C)B3c1ccc(C(C)(C)C)cc1N2c1ccc(C(C)(C)C)cc1-c1ccc2ccccc2c1. The predicted molar refractivity (Wildman–Crippen MR) is 252 cm³/mol. The monoisotopic (exact) mass is 760 g/mol. The van der Waals surface area contributed by atoms with Crippen LogP contribution >= 0.6 is 0 Å². The minimum atomic E-state index is -0.0167. The van der Waals surface area contributed by atoms with Gasteiger partial charge in [-0.15, -0.1) is 0 Å². The molecule has 0 amide bonds. The first kappa shape index (κ1) is 37.5. The highest BCUT2D eigenvalue weighted by Crippen LogP contribution is 2.62. The molecule has 0 aromatic heterocycles. The minimum absolute atomic E-state index is 0.000950. The van der Waals surface area contributed by atoms with Crippen molar-refractivity contribution in [1.29, 1.82) is 0 Å². The standard InChI is InChI=1S/C55H61BN2/c1-34-27-47-49-48(28-34)58-50-42(54(11)25-15-16-26-55(54,58)12)31-40(53(8,9)10)32-44(50)56(49)43-23-21-39(52(5,6)7)33-46(43)57(47)45-24-22-38(51(2,3)4)30-41(45)37-20-19-35-17-13-14-18-36(35)29-37/h13-14,17-24,27-33H,15-16,25-26H2,1-12H3. The van der Waals surface area contributed by atoms with Crippen LogP contribution in [-0.4, -0.2) is 12.3 Å². The molecular formula is C55H61BN2. The molecule has 2 atom stereocenters. The van der Waals surface area contributed by atoms with Crippen LogP contribution in [-0.2, 0) is 21.7 Å². The molecule has 58 heavy (non-hydrogen) atoms. The molecule has 1 saturated carbocycles. The summed E-state index contributed by atoms with van der Waals surface area (Å²) in [5.74, 6) is 0. The van der Waals surface area contributed by atoms with Crippen molar-refractivity contribution in [1.82, 2.24) is 0 Å². The number of anilines is 5. The summed E-state index contributed by atoms with van der Waals surface area (Å²) in [4.78, 5) is 5.56. The summed E-state index contributed by atoms with van der Waals surface area (Å²) in [6, 6.07) is 41.0. The molecule has 0 spiro atoms. The second-order valence-corrected chi connectivity index (χ2v) is 21.9. The van der Waals surface area contributed by atoms with Crippen molar-refractivity contribution in [2.45, 2.75) is 136 Å². The summed E-state index contributed by atoms with van der Waals surface area (Å²) < 4.78 is 0. The summed E-state index contributed by atoms with van der Waals surface area (Å²) in [6.45, 7) is 29.0. The molecule has 2 nitrogen and oxygen atoms in total. The van der Waals surface area contributed by atoms with Crippen molar-refractivity contribution >= 4 is 62.3 Å². The van der Waals surface area contributed by atoms with E-state index < -0.39 is 0 Å². The van der Waals surface area contributed by atoms with Crippen molar-refractivity contribution < 1.29 is 0 Å². The smallest absolute Gasteiger partial charge is 0.252 e. The van der Waals surface area contributed by atoms with E-state index in [1.54, 1.807) is 5.56 Å². The molecule has 1 fully saturated rings. The van der Waals surface area contributed by atoms with E-state index in [2.05, 4.69) is 196 Å². The summed E-state index contributed by atoms with van der Waals surface area (Å²) in [5, 5.41) is 2.55. The zero-order valence-electron chi connectivity index (χ0n) is 37.1. The van der Waals surface area contributed by atoms with Gasteiger partial charge in [0.2, 0.25) is 0 Å². The second kappa shape index (κ2) is 12.2. The fourth-order valence-electron chi connectivity index (χ4n) is 11.4. The van der Waals surface area contributed by atoms with Crippen LogP contribution in [0.15, 0.2) is 103 Å². The highest BCUT2D eigenvalue weighted by Gasteiger charge is 2.61. The molecule has 3 heterocycles. The van der Waals surface area contributed by atoms with Crippen LogP contribution in [0.1, 0.15) is 130 Å². The molecule has 6 aromatic carbocycles. The van der Waals surface area contributed by atoms with E-state index in [0.717, 1.165) is 0 Å². The minimum Gasteiger partial charge on any atom is -0.335 e. The number of rotatable bonds is 2. The predicted octanol–water partition coefficient (Wildman–Crippen LogP) is 13.1. The number of aryl methyl sites for hydroxylation is 1. The van der Waals surface area contributed by atoms with Crippen LogP contribution in [0.3, 0.4) is 0 Å². The lowest BCUT2D eigenvalue weighted by atomic mass is 9.33. The lowest BCUT2D eigenvalue weighted by Gasteiger charge is -2.53. The van der Waals surface area contributed by atoms with Crippen molar-refractivity contribution in [3.8, 4) is 11.1 Å². The Morgan fingerprint density at radius 3 is 1.93 bits per heavy atom. The third kappa shape index (κ3) is 5.23. The lowest BCUT2D eigenvalue weighted by molar-refractivity contribution is 0.195. The van der Waals surface area contributed by atoms with Crippen LogP contribution in [0.4, 0.5) is 28.4 Å². The Morgan fingerprint density at radius 1 is 0.552 bits per heavy atom. The van der Waals surface area contributed by atoms with Gasteiger partial charge in [-0.2, -0.15) is 0 Å². The molecule has 4 aliphatic rings. The van der Waals surface area contributed by atoms with Gasteiger partial charge in [0.05, 0.1) is 11.2 Å². The molecule has 0 N–H and O–H groups in total. The Kier molecular flexibility index (Phi) is 7.86. The van der Waals surface area contributed by atoms with Gasteiger partial charge in [0.25, 0.3) is 6.71 Å². The van der Waals surface area contributed by atoms with Gasteiger partial charge in [0.1, 0.15) is 0 Å². The van der Waals surface area contributed by atoms with Gasteiger partial charge in [-0.3, -0.25) is 0 Å². The molecule has 3 heteroatoms. The molecule has 2 unspecified atom stereocenters. The van der Waals surface area contributed by atoms with Gasteiger partial charge in [-0.1, -0.05) is 149 Å². The van der Waals surface area contributed by atoms with Crippen molar-refractivity contribution in [2.75, 3.05) is 9.80 Å². The summed E-state index contributed by atoms with van der Waals surface area (Å²) in [7, 11) is 0. The Labute approximate surface area is 348 Å². The van der Waals surface area contributed by atoms with Crippen molar-refractivity contribution in [3.05, 3.63) is 131 Å². The number of fused-ring (bicyclic) bond motifs is 8. The highest BCUT2D eigenvalue weighted by molar-refractivity contribution is 7.00. The number of hydrogen-bond acceptors (Lipinski definition) is 2. The Hall–Kier alpha value is -4.76. The maximum absolute atomic E-state index is 2.88. The average molecular weight is 761 g/mol. The van der Waals surface area contributed by atoms with Crippen LogP contribution < -0.4 is 26.2 Å². The van der Waals surface area contributed by atoms with E-state index in [9.17, 15) is 0 Å². The fourth-order valence-corrected chi connectivity index (χ4v) is 11.4. The highest BCUT2D eigenvalue weighted by atomic mass is 15.3. The van der Waals surface area contributed by atoms with Crippen LogP contribution in [0.2, 0.25) is 0 Å². The maximum atomic E-state index is 2.88. The van der Waals surface area contributed by atoms with Crippen LogP contribution in [0.5, 0.6) is 0 Å².